The van der Waals surface area contributed by atoms with Crippen LogP contribution in [0.1, 0.15) is 73.2 Å². The zero-order chi connectivity index (χ0) is 20.7. The van der Waals surface area contributed by atoms with Crippen molar-refractivity contribution >= 4 is 0 Å². The van der Waals surface area contributed by atoms with Crippen molar-refractivity contribution in [2.24, 2.45) is 11.5 Å². The maximum absolute atomic E-state index is 6.64. The van der Waals surface area contributed by atoms with Crippen LogP contribution in [0.25, 0.3) is 0 Å². The number of benzene rings is 2. The van der Waals surface area contributed by atoms with E-state index in [2.05, 4.69) is 64.1 Å². The molecule has 3 nitrogen and oxygen atoms in total. The molecule has 0 aliphatic rings. The molecule has 0 bridgehead atoms. The van der Waals surface area contributed by atoms with E-state index in [0.717, 1.165) is 25.7 Å². The van der Waals surface area contributed by atoms with Gasteiger partial charge in [-0.15, -0.1) is 0 Å². The second kappa shape index (κ2) is 11.1. The fourth-order valence-corrected chi connectivity index (χ4v) is 4.59. The third-order valence-corrected chi connectivity index (χ3v) is 5.99. The van der Waals surface area contributed by atoms with Gasteiger partial charge in [0.05, 0.1) is 0 Å². The van der Waals surface area contributed by atoms with Crippen molar-refractivity contribution in [3.63, 3.8) is 0 Å². The molecule has 0 amide bonds. The summed E-state index contributed by atoms with van der Waals surface area (Å²) in [4.78, 5) is 0. The fraction of sp³-hybridized carbons (Fsp3) is 0.500. The number of hydrogen-bond donors (Lipinski definition) is 2. The Morgan fingerprint density at radius 1 is 0.679 bits per heavy atom. The third-order valence-electron chi connectivity index (χ3n) is 5.61. The quantitative estimate of drug-likeness (QED) is 0.593. The van der Waals surface area contributed by atoms with Crippen LogP contribution < -0.4 is 11.5 Å². The zero-order valence-electron chi connectivity index (χ0n) is 17.8. The van der Waals surface area contributed by atoms with Gasteiger partial charge in [0, 0.05) is 0 Å². The molecule has 0 fully saturated rings. The summed E-state index contributed by atoms with van der Waals surface area (Å²) in [7, 11) is 0. The van der Waals surface area contributed by atoms with Gasteiger partial charge in [-0.25, -0.2) is 0 Å². The van der Waals surface area contributed by atoms with Crippen LogP contribution in [0, 0.1) is 0 Å². The van der Waals surface area contributed by atoms with Crippen molar-refractivity contribution in [1.82, 2.24) is 3.95 Å². The van der Waals surface area contributed by atoms with Crippen LogP contribution in [0.5, 0.6) is 0 Å². The Balaban J connectivity index is 2.16. The van der Waals surface area contributed by atoms with Gasteiger partial charge in [-0.2, -0.15) is 0 Å². The molecule has 0 aliphatic carbocycles. The summed E-state index contributed by atoms with van der Waals surface area (Å²) in [6.07, 6.45) is 3.97. The minimum absolute atomic E-state index is 0.0685. The number of hydrogen-bond acceptors (Lipinski definition) is 3. The molecule has 2 aromatic carbocycles. The molecule has 4 heteroatoms. The predicted octanol–water partition coefficient (Wildman–Crippen LogP) is 4.40. The van der Waals surface area contributed by atoms with E-state index in [9.17, 15) is 0 Å². The Hall–Kier alpha value is -1.17. The van der Waals surface area contributed by atoms with Crippen LogP contribution in [0.15, 0.2) is 36.4 Å². The second-order valence-corrected chi connectivity index (χ2v) is 8.07. The van der Waals surface area contributed by atoms with E-state index in [-0.39, 0.29) is 12.1 Å². The van der Waals surface area contributed by atoms with Gasteiger partial charge >= 0.3 is 180 Å². The van der Waals surface area contributed by atoms with Crippen LogP contribution in [-0.2, 0) is 41.6 Å². The maximum atomic E-state index is 6.64. The van der Waals surface area contributed by atoms with Crippen molar-refractivity contribution in [1.29, 1.82) is 0 Å². The summed E-state index contributed by atoms with van der Waals surface area (Å²) in [6.45, 7) is 10.1. The van der Waals surface area contributed by atoms with E-state index in [4.69, 9.17) is 27.4 Å². The molecule has 156 valence electrons. The van der Waals surface area contributed by atoms with E-state index in [0.29, 0.717) is 13.1 Å². The monoisotopic (exact) mass is 425 g/mol. The molecule has 0 radical (unpaired) electrons. The molecule has 2 aromatic rings. The number of rotatable bonds is 10. The standard InChI is InChI=1S/C24H36N3.Co/c1-5-17-11-9-12-18(6-2)23(17)21(25)15-27-16-22(26)24-19(7-3)13-10-14-20(24)8-4;/h9-14,21-22H,5-8,15-16,25-26H2,1-4H3;/q-1;+1. The van der Waals surface area contributed by atoms with Crippen LogP contribution in [0.2, 0.25) is 0 Å². The SMILES string of the molecule is CCc1cccc(CC)c1C(N)C[N]([Co])CC(N)c1c(CC)cccc1CC. The van der Waals surface area contributed by atoms with E-state index in [1.54, 1.807) is 0 Å². The number of nitrogens with zero attached hydrogens (tertiary/aromatic N) is 1. The molecular formula is C24H36CoN3. The summed E-state index contributed by atoms with van der Waals surface area (Å²) in [5.74, 6) is 0. The Kier molecular flexibility index (Phi) is 9.18. The molecule has 28 heavy (non-hydrogen) atoms. The van der Waals surface area contributed by atoms with E-state index >= 15 is 0 Å². The van der Waals surface area contributed by atoms with Crippen molar-refractivity contribution < 1.29 is 16.0 Å². The average Bonchev–Trinajstić information content (AvgIpc) is 2.71. The predicted molar refractivity (Wildman–Crippen MR) is 116 cm³/mol. The first kappa shape index (κ1) is 23.1. The van der Waals surface area contributed by atoms with Gasteiger partial charge in [-0.05, 0) is 0 Å². The summed E-state index contributed by atoms with van der Waals surface area (Å²) >= 11 is 4.80. The Morgan fingerprint density at radius 2 is 0.964 bits per heavy atom. The van der Waals surface area contributed by atoms with Crippen molar-refractivity contribution in [3.8, 4) is 0 Å². The summed E-state index contributed by atoms with van der Waals surface area (Å²) in [5.41, 5.74) is 21.2. The molecule has 0 heterocycles. The number of aryl methyl sites for hydroxylation is 4. The van der Waals surface area contributed by atoms with Crippen molar-refractivity contribution in [3.05, 3.63) is 69.8 Å². The first-order chi connectivity index (χ1) is 13.5. The van der Waals surface area contributed by atoms with Gasteiger partial charge in [-0.1, -0.05) is 0 Å². The topological polar surface area (TPSA) is 55.3 Å². The molecule has 4 N–H and O–H groups in total. The third kappa shape index (κ3) is 5.46. The Labute approximate surface area is 179 Å². The normalized spacial score (nSPS) is 13.8. The molecule has 0 aliphatic heterocycles. The van der Waals surface area contributed by atoms with Gasteiger partial charge in [0.1, 0.15) is 0 Å². The summed E-state index contributed by atoms with van der Waals surface area (Å²) in [6, 6.07) is 12.9. The van der Waals surface area contributed by atoms with E-state index in [1.165, 1.54) is 33.4 Å². The van der Waals surface area contributed by atoms with Gasteiger partial charge in [-0.3, -0.25) is 0 Å². The molecule has 0 saturated heterocycles. The first-order valence-electron chi connectivity index (χ1n) is 10.6. The van der Waals surface area contributed by atoms with E-state index < -0.39 is 0 Å². The zero-order valence-corrected chi connectivity index (χ0v) is 18.8. The number of nitrogens with two attached hydrogens (primary N) is 2. The second-order valence-electron chi connectivity index (χ2n) is 7.41. The van der Waals surface area contributed by atoms with Gasteiger partial charge in [0.2, 0.25) is 0 Å². The fourth-order valence-electron chi connectivity index (χ4n) is 4.18. The van der Waals surface area contributed by atoms with Gasteiger partial charge in [0.15, 0.2) is 0 Å². The average molecular weight is 426 g/mol. The Bertz CT molecular complexity index is 652. The van der Waals surface area contributed by atoms with Crippen molar-refractivity contribution in [2.45, 2.75) is 65.5 Å². The van der Waals surface area contributed by atoms with Crippen molar-refractivity contribution in [2.75, 3.05) is 13.1 Å². The summed E-state index contributed by atoms with van der Waals surface area (Å²) in [5, 5.41) is 0. The van der Waals surface area contributed by atoms with Crippen LogP contribution >= 0.6 is 0 Å². The molecule has 2 rings (SSSR count). The summed E-state index contributed by atoms with van der Waals surface area (Å²) < 4.78 is 1.99. The van der Waals surface area contributed by atoms with Gasteiger partial charge < -0.3 is 0 Å². The minimum atomic E-state index is -0.0685. The van der Waals surface area contributed by atoms with E-state index in [1.807, 2.05) is 3.95 Å². The molecule has 2 unspecified atom stereocenters. The van der Waals surface area contributed by atoms with Gasteiger partial charge in [0.25, 0.3) is 0 Å². The van der Waals surface area contributed by atoms with Crippen LogP contribution in [0.3, 0.4) is 0 Å². The van der Waals surface area contributed by atoms with Crippen LogP contribution in [0.4, 0.5) is 0 Å². The first-order valence-corrected chi connectivity index (χ1v) is 11.0. The molecular weight excluding hydrogens is 389 g/mol. The molecule has 0 spiro atoms. The Morgan fingerprint density at radius 3 is 1.21 bits per heavy atom. The van der Waals surface area contributed by atoms with Crippen LogP contribution in [-0.4, -0.2) is 17.0 Å². The molecule has 0 aromatic heterocycles. The molecule has 0 saturated carbocycles. The molecule has 2 atom stereocenters.